The average molecular weight is 449 g/mol. The molecule has 0 atom stereocenters. The zero-order valence-corrected chi connectivity index (χ0v) is 18.9. The molecular weight excluding hydrogens is 420 g/mol. The molecule has 0 radical (unpaired) electrons. The van der Waals surface area contributed by atoms with Crippen LogP contribution in [0.25, 0.3) is 26.6 Å². The highest BCUT2D eigenvalue weighted by molar-refractivity contribution is 7.23. The lowest BCUT2D eigenvalue weighted by molar-refractivity contribution is 0.0951. The number of nitrogens with zero attached hydrogens (tertiary/aromatic N) is 4. The van der Waals surface area contributed by atoms with Crippen LogP contribution in [0.15, 0.2) is 42.5 Å². The maximum atomic E-state index is 12.6. The lowest BCUT2D eigenvalue weighted by Crippen LogP contribution is -2.33. The number of nitrogens with one attached hydrogen (secondary N) is 1. The molecular formula is C24H28N6OS. The highest BCUT2D eigenvalue weighted by Crippen LogP contribution is 2.28. The van der Waals surface area contributed by atoms with Gasteiger partial charge in [-0.25, -0.2) is 4.52 Å². The van der Waals surface area contributed by atoms with Crippen molar-refractivity contribution in [1.82, 2.24) is 24.8 Å². The number of benzene rings is 2. The van der Waals surface area contributed by atoms with Crippen LogP contribution in [-0.4, -0.2) is 51.6 Å². The first kappa shape index (κ1) is 21.1. The molecule has 2 aromatic heterocycles. The Hall–Kier alpha value is -2.81. The van der Waals surface area contributed by atoms with Crippen LogP contribution in [-0.2, 0) is 6.54 Å². The van der Waals surface area contributed by atoms with Gasteiger partial charge in [0.25, 0.3) is 5.91 Å². The number of aromatic nitrogens is 3. The van der Waals surface area contributed by atoms with Crippen molar-refractivity contribution in [3.8, 4) is 11.4 Å². The lowest BCUT2D eigenvalue weighted by Gasteiger charge is -2.26. The molecule has 3 N–H and O–H groups in total. The van der Waals surface area contributed by atoms with E-state index in [-0.39, 0.29) is 5.91 Å². The van der Waals surface area contributed by atoms with E-state index < -0.39 is 0 Å². The number of hydrogen-bond acceptors (Lipinski definition) is 6. The van der Waals surface area contributed by atoms with Gasteiger partial charge >= 0.3 is 0 Å². The fourth-order valence-electron chi connectivity index (χ4n) is 4.23. The summed E-state index contributed by atoms with van der Waals surface area (Å²) in [7, 11) is 0. The van der Waals surface area contributed by atoms with Crippen LogP contribution in [0.4, 0.5) is 0 Å². The topological polar surface area (TPSA) is 88.5 Å². The number of piperidine rings is 1. The zero-order valence-electron chi connectivity index (χ0n) is 18.1. The number of rotatable bonds is 7. The van der Waals surface area contributed by atoms with Crippen molar-refractivity contribution in [1.29, 1.82) is 0 Å². The number of carbonyl (C=O) groups is 1. The average Bonchev–Trinajstić information content (AvgIpc) is 3.40. The van der Waals surface area contributed by atoms with Crippen molar-refractivity contribution in [2.45, 2.75) is 32.2 Å². The largest absolute Gasteiger partial charge is 0.352 e. The molecule has 2 aromatic carbocycles. The van der Waals surface area contributed by atoms with E-state index in [1.165, 1.54) is 32.4 Å². The molecule has 32 heavy (non-hydrogen) atoms. The molecule has 4 aromatic rings. The van der Waals surface area contributed by atoms with Crippen LogP contribution >= 0.6 is 11.3 Å². The fourth-order valence-corrected chi connectivity index (χ4v) is 5.23. The SMILES string of the molecule is NCc1ccc(-c2nc3sc4cc(C(=O)NCCCN5CCCCC5)ccc4n3n2)cc1. The number of fused-ring (bicyclic) bond motifs is 3. The van der Waals surface area contributed by atoms with E-state index in [2.05, 4.69) is 20.3 Å². The monoisotopic (exact) mass is 448 g/mol. The summed E-state index contributed by atoms with van der Waals surface area (Å²) in [5, 5.41) is 7.75. The third-order valence-electron chi connectivity index (χ3n) is 6.06. The maximum Gasteiger partial charge on any atom is 0.251 e. The first-order valence-electron chi connectivity index (χ1n) is 11.3. The molecule has 1 aliphatic rings. The Labute approximate surface area is 191 Å². The summed E-state index contributed by atoms with van der Waals surface area (Å²) in [4.78, 5) is 20.6. The number of hydrogen-bond donors (Lipinski definition) is 2. The van der Waals surface area contributed by atoms with E-state index >= 15 is 0 Å². The minimum absolute atomic E-state index is 0.0229. The van der Waals surface area contributed by atoms with Gasteiger partial charge in [-0.3, -0.25) is 4.79 Å². The molecule has 0 saturated carbocycles. The Morgan fingerprint density at radius 1 is 1.09 bits per heavy atom. The second kappa shape index (κ2) is 9.36. The molecule has 5 rings (SSSR count). The predicted octanol–water partition coefficient (Wildman–Crippen LogP) is 3.68. The van der Waals surface area contributed by atoms with E-state index in [0.29, 0.717) is 24.5 Å². The molecule has 166 valence electrons. The summed E-state index contributed by atoms with van der Waals surface area (Å²) in [6.07, 6.45) is 4.93. The minimum atomic E-state index is -0.0229. The standard InChI is InChI=1S/C24H28N6OS/c25-16-17-5-7-18(8-6-17)22-27-24-30(28-22)20-10-9-19(15-21(20)32-24)23(31)26-11-4-14-29-12-2-1-3-13-29/h5-10,15H,1-4,11-14,16,25H2,(H,26,31). The molecule has 0 unspecified atom stereocenters. The van der Waals surface area contributed by atoms with Gasteiger partial charge in [-0.15, -0.1) is 5.10 Å². The van der Waals surface area contributed by atoms with Crippen molar-refractivity contribution in [3.05, 3.63) is 53.6 Å². The third-order valence-corrected chi connectivity index (χ3v) is 7.06. The van der Waals surface area contributed by atoms with Crippen molar-refractivity contribution >= 4 is 32.4 Å². The number of likely N-dealkylation sites (tertiary alicyclic amines) is 1. The number of amides is 1. The van der Waals surface area contributed by atoms with Crippen molar-refractivity contribution in [2.24, 2.45) is 5.73 Å². The second-order valence-corrected chi connectivity index (χ2v) is 9.34. The molecule has 1 fully saturated rings. The Morgan fingerprint density at radius 3 is 2.69 bits per heavy atom. The molecule has 7 nitrogen and oxygen atoms in total. The van der Waals surface area contributed by atoms with Gasteiger partial charge < -0.3 is 16.0 Å². The van der Waals surface area contributed by atoms with Crippen LogP contribution in [0.5, 0.6) is 0 Å². The van der Waals surface area contributed by atoms with Crippen LogP contribution in [0.3, 0.4) is 0 Å². The Kier molecular flexibility index (Phi) is 6.16. The first-order chi connectivity index (χ1) is 15.7. The first-order valence-corrected chi connectivity index (χ1v) is 12.1. The number of carbonyl (C=O) groups excluding carboxylic acids is 1. The van der Waals surface area contributed by atoms with Crippen LogP contribution in [0.1, 0.15) is 41.6 Å². The summed E-state index contributed by atoms with van der Waals surface area (Å²) >= 11 is 1.55. The summed E-state index contributed by atoms with van der Waals surface area (Å²) < 4.78 is 2.86. The van der Waals surface area contributed by atoms with Crippen LogP contribution in [0, 0.1) is 0 Å². The molecule has 3 heterocycles. The smallest absolute Gasteiger partial charge is 0.251 e. The van der Waals surface area contributed by atoms with E-state index in [1.807, 2.05) is 47.0 Å². The van der Waals surface area contributed by atoms with E-state index in [9.17, 15) is 4.79 Å². The lowest BCUT2D eigenvalue weighted by atomic mass is 10.1. The Bertz CT molecular complexity index is 1220. The third kappa shape index (κ3) is 4.39. The molecule has 1 amide bonds. The minimum Gasteiger partial charge on any atom is -0.352 e. The Balaban J connectivity index is 1.25. The zero-order chi connectivity index (χ0) is 21.9. The van der Waals surface area contributed by atoms with Crippen LogP contribution < -0.4 is 11.1 Å². The fraction of sp³-hybridized carbons (Fsp3) is 0.375. The second-order valence-electron chi connectivity index (χ2n) is 8.33. The van der Waals surface area contributed by atoms with Gasteiger partial charge in [-0.2, -0.15) is 4.98 Å². The molecule has 0 spiro atoms. The highest BCUT2D eigenvalue weighted by atomic mass is 32.1. The van der Waals surface area contributed by atoms with E-state index in [1.54, 1.807) is 11.3 Å². The molecule has 0 bridgehead atoms. The van der Waals surface area contributed by atoms with Crippen molar-refractivity contribution in [2.75, 3.05) is 26.2 Å². The molecule has 0 aliphatic carbocycles. The van der Waals surface area contributed by atoms with E-state index in [4.69, 9.17) is 5.73 Å². The molecule has 1 saturated heterocycles. The van der Waals surface area contributed by atoms with Gasteiger partial charge in [0.2, 0.25) is 4.96 Å². The van der Waals surface area contributed by atoms with Gasteiger partial charge in [-0.1, -0.05) is 42.0 Å². The maximum absolute atomic E-state index is 12.6. The highest BCUT2D eigenvalue weighted by Gasteiger charge is 2.15. The predicted molar refractivity (Wildman–Crippen MR) is 129 cm³/mol. The quantitative estimate of drug-likeness (QED) is 0.421. The molecule has 8 heteroatoms. The normalized spacial score (nSPS) is 14.9. The van der Waals surface area contributed by atoms with Gasteiger partial charge in [0.15, 0.2) is 5.82 Å². The van der Waals surface area contributed by atoms with Gasteiger partial charge in [-0.05, 0) is 62.7 Å². The van der Waals surface area contributed by atoms with Crippen molar-refractivity contribution in [3.63, 3.8) is 0 Å². The summed E-state index contributed by atoms with van der Waals surface area (Å²) in [6.45, 7) is 4.67. The van der Waals surface area contributed by atoms with Gasteiger partial charge in [0.05, 0.1) is 10.2 Å². The summed E-state index contributed by atoms with van der Waals surface area (Å²) in [5.74, 6) is 0.669. The Morgan fingerprint density at radius 2 is 1.91 bits per heavy atom. The van der Waals surface area contributed by atoms with Gasteiger partial charge in [0, 0.05) is 24.2 Å². The van der Waals surface area contributed by atoms with E-state index in [0.717, 1.165) is 39.3 Å². The summed E-state index contributed by atoms with van der Waals surface area (Å²) in [6, 6.07) is 13.8. The number of nitrogens with two attached hydrogens (primary N) is 1. The number of thiazole rings is 1. The van der Waals surface area contributed by atoms with Gasteiger partial charge in [0.1, 0.15) is 0 Å². The summed E-state index contributed by atoms with van der Waals surface area (Å²) in [5.41, 5.74) is 9.37. The van der Waals surface area contributed by atoms with Crippen LogP contribution in [0.2, 0.25) is 0 Å². The van der Waals surface area contributed by atoms with Crippen molar-refractivity contribution < 1.29 is 4.79 Å². The molecule has 1 aliphatic heterocycles.